The molecule has 1 atom stereocenters. The second kappa shape index (κ2) is 10.7. The average Bonchev–Trinajstić information content (AvgIpc) is 2.77. The minimum Gasteiger partial charge on any atom is -0.486 e. The number of thioether (sulfide) groups is 1. The zero-order chi connectivity index (χ0) is 23.1. The van der Waals surface area contributed by atoms with Gasteiger partial charge in [0.05, 0.1) is 4.90 Å². The Morgan fingerprint density at radius 2 is 1.62 bits per heavy atom. The third-order valence-electron chi connectivity index (χ3n) is 4.52. The first-order chi connectivity index (χ1) is 15.3. The Kier molecular flexibility index (Phi) is 7.99. The fourth-order valence-corrected chi connectivity index (χ4v) is 4.71. The van der Waals surface area contributed by atoms with Crippen molar-refractivity contribution in [3.05, 3.63) is 42.5 Å². The van der Waals surface area contributed by atoms with E-state index in [9.17, 15) is 18.0 Å². The number of carbonyl (C=O) groups excluding carboxylic acids is 2. The highest BCUT2D eigenvalue weighted by molar-refractivity contribution is 7.98. The van der Waals surface area contributed by atoms with Crippen molar-refractivity contribution < 1.29 is 27.5 Å². The van der Waals surface area contributed by atoms with Gasteiger partial charge < -0.3 is 20.1 Å². The van der Waals surface area contributed by atoms with E-state index in [1.54, 1.807) is 24.3 Å². The van der Waals surface area contributed by atoms with Gasteiger partial charge in [-0.05, 0) is 54.8 Å². The predicted octanol–water partition coefficient (Wildman–Crippen LogP) is 2.45. The van der Waals surface area contributed by atoms with Gasteiger partial charge in [-0.1, -0.05) is 0 Å². The van der Waals surface area contributed by atoms with Crippen LogP contribution in [0.3, 0.4) is 0 Å². The van der Waals surface area contributed by atoms with Crippen molar-refractivity contribution in [2.45, 2.75) is 24.3 Å². The molecule has 0 saturated heterocycles. The van der Waals surface area contributed by atoms with Gasteiger partial charge in [0.2, 0.25) is 21.8 Å². The molecule has 0 aliphatic carbocycles. The number of amides is 2. The van der Waals surface area contributed by atoms with Crippen molar-refractivity contribution in [1.29, 1.82) is 0 Å². The lowest BCUT2D eigenvalue weighted by Gasteiger charge is -2.21. The van der Waals surface area contributed by atoms with Crippen LogP contribution < -0.4 is 24.8 Å². The highest BCUT2D eigenvalue weighted by Gasteiger charge is 2.27. The molecule has 1 heterocycles. The first-order valence-electron chi connectivity index (χ1n) is 9.88. The molecule has 0 aromatic heterocycles. The van der Waals surface area contributed by atoms with E-state index in [0.717, 1.165) is 0 Å². The molecule has 0 saturated carbocycles. The molecule has 2 aromatic carbocycles. The van der Waals surface area contributed by atoms with Crippen LogP contribution in [0.1, 0.15) is 13.3 Å². The average molecular weight is 480 g/mol. The molecule has 3 N–H and O–H groups in total. The quantitative estimate of drug-likeness (QED) is 0.505. The maximum atomic E-state index is 13.0. The molecule has 0 fully saturated rings. The number of benzene rings is 2. The number of ether oxygens (including phenoxy) is 2. The zero-order valence-electron chi connectivity index (χ0n) is 17.7. The molecule has 0 bridgehead atoms. The Labute approximate surface area is 191 Å². The van der Waals surface area contributed by atoms with E-state index in [2.05, 4.69) is 15.4 Å². The summed E-state index contributed by atoms with van der Waals surface area (Å²) in [4.78, 5) is 24.0. The smallest absolute Gasteiger partial charge is 0.242 e. The van der Waals surface area contributed by atoms with Crippen molar-refractivity contribution in [2.75, 3.05) is 35.9 Å². The number of hydrogen-bond acceptors (Lipinski definition) is 7. The summed E-state index contributed by atoms with van der Waals surface area (Å²) in [6.45, 7) is 2.14. The Bertz CT molecular complexity index is 1070. The SMILES string of the molecule is CSCC[C@H](NS(=O)(=O)c1ccc2c(c1)OCCO2)C(=O)Nc1ccc(NC(C)=O)cc1. The van der Waals surface area contributed by atoms with Crippen LogP contribution >= 0.6 is 11.8 Å². The summed E-state index contributed by atoms with van der Waals surface area (Å²) in [6.07, 6.45) is 2.19. The minimum atomic E-state index is -3.98. The summed E-state index contributed by atoms with van der Waals surface area (Å²) >= 11 is 1.51. The molecular weight excluding hydrogens is 454 g/mol. The zero-order valence-corrected chi connectivity index (χ0v) is 19.3. The lowest BCUT2D eigenvalue weighted by Crippen LogP contribution is -2.44. The standard InChI is InChI=1S/C21H25N3O6S2/c1-14(25)22-15-3-5-16(6-4-15)23-21(26)18(9-12-31-2)24-32(27,28)17-7-8-19-20(13-17)30-11-10-29-19/h3-8,13,18,24H,9-12H2,1-2H3,(H,22,25)(H,23,26)/t18-/m0/s1. The fraction of sp³-hybridized carbons (Fsp3) is 0.333. The number of sulfonamides is 1. The number of nitrogens with one attached hydrogen (secondary N) is 3. The van der Waals surface area contributed by atoms with E-state index in [-0.39, 0.29) is 10.8 Å². The number of anilines is 2. The minimum absolute atomic E-state index is 0.0108. The van der Waals surface area contributed by atoms with Crippen LogP contribution in [0.4, 0.5) is 11.4 Å². The van der Waals surface area contributed by atoms with Gasteiger partial charge in [-0.2, -0.15) is 16.5 Å². The second-order valence-corrected chi connectivity index (χ2v) is 9.71. The van der Waals surface area contributed by atoms with Crippen molar-refractivity contribution in [3.8, 4) is 11.5 Å². The molecule has 11 heteroatoms. The molecule has 9 nitrogen and oxygen atoms in total. The van der Waals surface area contributed by atoms with E-state index >= 15 is 0 Å². The van der Waals surface area contributed by atoms with Crippen LogP contribution in [-0.4, -0.2) is 51.5 Å². The molecule has 1 aliphatic heterocycles. The van der Waals surface area contributed by atoms with Crippen LogP contribution in [0.5, 0.6) is 11.5 Å². The van der Waals surface area contributed by atoms with Gasteiger partial charge in [-0.3, -0.25) is 9.59 Å². The van der Waals surface area contributed by atoms with Crippen LogP contribution in [0, 0.1) is 0 Å². The van der Waals surface area contributed by atoms with Gasteiger partial charge in [-0.25, -0.2) is 8.42 Å². The summed E-state index contributed by atoms with van der Waals surface area (Å²) in [5.74, 6) is 0.737. The number of fused-ring (bicyclic) bond motifs is 1. The van der Waals surface area contributed by atoms with E-state index in [0.29, 0.717) is 48.3 Å². The molecule has 32 heavy (non-hydrogen) atoms. The Balaban J connectivity index is 1.73. The van der Waals surface area contributed by atoms with Crippen LogP contribution in [0.15, 0.2) is 47.4 Å². The van der Waals surface area contributed by atoms with Crippen LogP contribution in [-0.2, 0) is 19.6 Å². The Hall–Kier alpha value is -2.76. The summed E-state index contributed by atoms with van der Waals surface area (Å²) in [5, 5.41) is 5.36. The number of carbonyl (C=O) groups is 2. The van der Waals surface area contributed by atoms with E-state index < -0.39 is 22.0 Å². The summed E-state index contributed by atoms with van der Waals surface area (Å²) < 4.78 is 39.3. The predicted molar refractivity (Wildman–Crippen MR) is 124 cm³/mol. The highest BCUT2D eigenvalue weighted by atomic mass is 32.2. The van der Waals surface area contributed by atoms with Crippen molar-refractivity contribution in [3.63, 3.8) is 0 Å². The summed E-state index contributed by atoms with van der Waals surface area (Å²) in [5.41, 5.74) is 1.07. The monoisotopic (exact) mass is 479 g/mol. The molecule has 1 aliphatic rings. The molecular formula is C21H25N3O6S2. The van der Waals surface area contributed by atoms with Gasteiger partial charge in [0.15, 0.2) is 11.5 Å². The largest absolute Gasteiger partial charge is 0.486 e. The fourth-order valence-electron chi connectivity index (χ4n) is 2.99. The van der Waals surface area contributed by atoms with Gasteiger partial charge in [-0.15, -0.1) is 0 Å². The summed E-state index contributed by atoms with van der Waals surface area (Å²) in [6, 6.07) is 9.92. The second-order valence-electron chi connectivity index (χ2n) is 7.01. The first-order valence-corrected chi connectivity index (χ1v) is 12.8. The molecule has 3 rings (SSSR count). The molecule has 0 unspecified atom stereocenters. The third kappa shape index (κ3) is 6.38. The topological polar surface area (TPSA) is 123 Å². The Morgan fingerprint density at radius 1 is 1.00 bits per heavy atom. The van der Waals surface area contributed by atoms with E-state index in [4.69, 9.17) is 9.47 Å². The van der Waals surface area contributed by atoms with Crippen molar-refractivity contribution in [2.24, 2.45) is 0 Å². The maximum Gasteiger partial charge on any atom is 0.242 e. The van der Waals surface area contributed by atoms with Crippen molar-refractivity contribution in [1.82, 2.24) is 4.72 Å². The Morgan fingerprint density at radius 3 is 2.25 bits per heavy atom. The molecule has 0 spiro atoms. The normalized spacial score (nSPS) is 13.8. The molecule has 0 radical (unpaired) electrons. The van der Waals surface area contributed by atoms with Crippen LogP contribution in [0.2, 0.25) is 0 Å². The van der Waals surface area contributed by atoms with Gasteiger partial charge in [0.25, 0.3) is 0 Å². The summed E-state index contributed by atoms with van der Waals surface area (Å²) in [7, 11) is -3.98. The third-order valence-corrected chi connectivity index (χ3v) is 6.63. The van der Waals surface area contributed by atoms with E-state index in [1.807, 2.05) is 6.26 Å². The van der Waals surface area contributed by atoms with Crippen molar-refractivity contribution >= 4 is 45.0 Å². The lowest BCUT2D eigenvalue weighted by molar-refractivity contribution is -0.117. The highest BCUT2D eigenvalue weighted by Crippen LogP contribution is 2.32. The first kappa shape index (κ1) is 23.9. The number of hydrogen-bond donors (Lipinski definition) is 3. The molecule has 2 amide bonds. The molecule has 2 aromatic rings. The van der Waals surface area contributed by atoms with Gasteiger partial charge in [0, 0.05) is 24.4 Å². The van der Waals surface area contributed by atoms with Crippen LogP contribution in [0.25, 0.3) is 0 Å². The molecule has 172 valence electrons. The van der Waals surface area contributed by atoms with E-state index in [1.165, 1.54) is 36.9 Å². The lowest BCUT2D eigenvalue weighted by atomic mass is 10.2. The van der Waals surface area contributed by atoms with Gasteiger partial charge in [0.1, 0.15) is 19.3 Å². The maximum absolute atomic E-state index is 13.0. The number of rotatable bonds is 9. The van der Waals surface area contributed by atoms with Gasteiger partial charge >= 0.3 is 0 Å².